The van der Waals surface area contributed by atoms with Crippen molar-refractivity contribution in [2.45, 2.75) is 45.2 Å². The first-order valence-electron chi connectivity index (χ1n) is 6.54. The second kappa shape index (κ2) is 4.69. The van der Waals surface area contributed by atoms with Gasteiger partial charge in [0.15, 0.2) is 0 Å². The van der Waals surface area contributed by atoms with Gasteiger partial charge >= 0.3 is 0 Å². The highest BCUT2D eigenvalue weighted by molar-refractivity contribution is 5.51. The van der Waals surface area contributed by atoms with Gasteiger partial charge in [-0.1, -0.05) is 12.1 Å². The zero-order valence-corrected chi connectivity index (χ0v) is 11.5. The van der Waals surface area contributed by atoms with Gasteiger partial charge in [-0.25, -0.2) is 0 Å². The minimum absolute atomic E-state index is 0.236. The van der Waals surface area contributed by atoms with Crippen LogP contribution in [-0.2, 0) is 0 Å². The molecule has 1 fully saturated rings. The summed E-state index contributed by atoms with van der Waals surface area (Å²) in [5, 5.41) is 3.42. The van der Waals surface area contributed by atoms with Crippen LogP contribution in [0.5, 0.6) is 0 Å². The monoisotopic (exact) mass is 232 g/mol. The number of aryl methyl sites for hydroxylation is 1. The van der Waals surface area contributed by atoms with Crippen molar-refractivity contribution in [3.8, 4) is 0 Å². The molecule has 0 spiro atoms. The lowest BCUT2D eigenvalue weighted by atomic mass is 9.86. The highest BCUT2D eigenvalue weighted by Gasteiger charge is 2.34. The van der Waals surface area contributed by atoms with Gasteiger partial charge in [-0.2, -0.15) is 0 Å². The van der Waals surface area contributed by atoms with E-state index in [0.717, 1.165) is 6.54 Å². The molecule has 0 amide bonds. The summed E-state index contributed by atoms with van der Waals surface area (Å²) in [7, 11) is 2.07. The Morgan fingerprint density at radius 1 is 1.35 bits per heavy atom. The third kappa shape index (κ3) is 2.63. The third-order valence-electron chi connectivity index (χ3n) is 3.90. The van der Waals surface area contributed by atoms with Gasteiger partial charge in [0.05, 0.1) is 0 Å². The van der Waals surface area contributed by atoms with Crippen molar-refractivity contribution in [3.05, 3.63) is 29.8 Å². The molecule has 1 atom stereocenters. The van der Waals surface area contributed by atoms with Gasteiger partial charge in [0, 0.05) is 23.8 Å². The first kappa shape index (κ1) is 12.4. The molecule has 17 heavy (non-hydrogen) atoms. The van der Waals surface area contributed by atoms with Gasteiger partial charge in [0.1, 0.15) is 0 Å². The summed E-state index contributed by atoms with van der Waals surface area (Å²) in [4.78, 5) is 2.55. The molecule has 2 rings (SSSR count). The van der Waals surface area contributed by atoms with Crippen LogP contribution in [-0.4, -0.2) is 25.2 Å². The summed E-state index contributed by atoms with van der Waals surface area (Å²) in [6.07, 6.45) is 2.44. The molecule has 0 bridgehead atoms. The largest absolute Gasteiger partial charge is 0.366 e. The van der Waals surface area contributed by atoms with Crippen molar-refractivity contribution >= 4 is 5.69 Å². The van der Waals surface area contributed by atoms with Crippen LogP contribution in [0, 0.1) is 6.92 Å². The van der Waals surface area contributed by atoms with E-state index in [4.69, 9.17) is 0 Å². The molecule has 2 heteroatoms. The molecule has 1 unspecified atom stereocenters. The first-order valence-corrected chi connectivity index (χ1v) is 6.54. The fourth-order valence-electron chi connectivity index (χ4n) is 2.92. The molecule has 94 valence electrons. The quantitative estimate of drug-likeness (QED) is 0.843. The summed E-state index contributed by atoms with van der Waals surface area (Å²) >= 11 is 0. The fraction of sp³-hybridized carbons (Fsp3) is 0.600. The predicted molar refractivity (Wildman–Crippen MR) is 74.7 cm³/mol. The number of hydrogen-bond acceptors (Lipinski definition) is 2. The topological polar surface area (TPSA) is 15.3 Å². The number of nitrogens with one attached hydrogen (secondary N) is 1. The number of anilines is 1. The molecule has 1 aromatic rings. The van der Waals surface area contributed by atoms with Crippen molar-refractivity contribution in [2.24, 2.45) is 0 Å². The fourth-order valence-corrected chi connectivity index (χ4v) is 2.92. The molecule has 1 heterocycles. The van der Waals surface area contributed by atoms with E-state index in [1.54, 1.807) is 0 Å². The number of piperidine rings is 1. The zero-order valence-electron chi connectivity index (χ0n) is 11.5. The van der Waals surface area contributed by atoms with E-state index in [0.29, 0.717) is 6.04 Å². The Hall–Kier alpha value is -1.02. The Bertz CT molecular complexity index is 384. The number of rotatable bonds is 2. The molecule has 1 aliphatic heterocycles. The van der Waals surface area contributed by atoms with Crippen LogP contribution in [0.25, 0.3) is 0 Å². The smallest absolute Gasteiger partial charge is 0.0373 e. The Labute approximate surface area is 105 Å². The molecule has 1 aliphatic rings. The van der Waals surface area contributed by atoms with Gasteiger partial charge in [-0.05, 0) is 58.4 Å². The zero-order chi connectivity index (χ0) is 12.5. The summed E-state index contributed by atoms with van der Waals surface area (Å²) in [5.74, 6) is 0. The van der Waals surface area contributed by atoms with Gasteiger partial charge in [0.2, 0.25) is 0 Å². The molecule has 1 N–H and O–H groups in total. The maximum Gasteiger partial charge on any atom is 0.0373 e. The van der Waals surface area contributed by atoms with E-state index in [-0.39, 0.29) is 5.54 Å². The Balaban J connectivity index is 2.22. The predicted octanol–water partition coefficient (Wildman–Crippen LogP) is 2.96. The van der Waals surface area contributed by atoms with Gasteiger partial charge in [-0.3, -0.25) is 0 Å². The van der Waals surface area contributed by atoms with Gasteiger partial charge < -0.3 is 10.2 Å². The van der Waals surface area contributed by atoms with E-state index in [1.807, 2.05) is 0 Å². The summed E-state index contributed by atoms with van der Waals surface area (Å²) in [6, 6.07) is 9.50. The molecule has 1 aromatic carbocycles. The van der Waals surface area contributed by atoms with Crippen molar-refractivity contribution in [3.63, 3.8) is 0 Å². The summed E-state index contributed by atoms with van der Waals surface area (Å²) < 4.78 is 0. The Kier molecular flexibility index (Phi) is 3.43. The van der Waals surface area contributed by atoms with Crippen LogP contribution in [0.3, 0.4) is 0 Å². The van der Waals surface area contributed by atoms with Crippen molar-refractivity contribution in [1.82, 2.24) is 5.32 Å². The molecule has 0 radical (unpaired) electrons. The average molecular weight is 232 g/mol. The van der Waals surface area contributed by atoms with E-state index in [2.05, 4.69) is 62.3 Å². The van der Waals surface area contributed by atoms with E-state index in [1.165, 1.54) is 24.1 Å². The normalized spacial score (nSPS) is 23.8. The highest BCUT2D eigenvalue weighted by atomic mass is 15.2. The SMILES string of the molecule is CNC1CCN(c2cccc(C)c2)C(C)(C)C1. The van der Waals surface area contributed by atoms with Crippen molar-refractivity contribution in [1.29, 1.82) is 0 Å². The molecular weight excluding hydrogens is 208 g/mol. The standard InChI is InChI=1S/C15H24N2/c1-12-6-5-7-14(10-12)17-9-8-13(16-4)11-15(17,2)3/h5-7,10,13,16H,8-9,11H2,1-4H3. The van der Waals surface area contributed by atoms with Crippen LogP contribution in [0.15, 0.2) is 24.3 Å². The molecule has 1 saturated heterocycles. The van der Waals surface area contributed by atoms with Crippen LogP contribution >= 0.6 is 0 Å². The minimum atomic E-state index is 0.236. The van der Waals surface area contributed by atoms with Crippen LogP contribution in [0.2, 0.25) is 0 Å². The van der Waals surface area contributed by atoms with E-state index < -0.39 is 0 Å². The minimum Gasteiger partial charge on any atom is -0.366 e. The maximum atomic E-state index is 3.42. The lowest BCUT2D eigenvalue weighted by Gasteiger charge is -2.47. The maximum absolute atomic E-state index is 3.42. The molecular formula is C15H24N2. The number of hydrogen-bond donors (Lipinski definition) is 1. The van der Waals surface area contributed by atoms with Crippen molar-refractivity contribution in [2.75, 3.05) is 18.5 Å². The highest BCUT2D eigenvalue weighted by Crippen LogP contribution is 2.32. The summed E-state index contributed by atoms with van der Waals surface area (Å²) in [5.41, 5.74) is 2.94. The number of nitrogens with zero attached hydrogens (tertiary/aromatic N) is 1. The lowest BCUT2D eigenvalue weighted by Crippen LogP contribution is -2.54. The third-order valence-corrected chi connectivity index (χ3v) is 3.90. The lowest BCUT2D eigenvalue weighted by molar-refractivity contribution is 0.302. The van der Waals surface area contributed by atoms with Crippen LogP contribution in [0.1, 0.15) is 32.3 Å². The number of benzene rings is 1. The van der Waals surface area contributed by atoms with Crippen molar-refractivity contribution < 1.29 is 0 Å². The molecule has 0 aliphatic carbocycles. The average Bonchev–Trinajstić information content (AvgIpc) is 2.27. The second-order valence-corrected chi connectivity index (χ2v) is 5.78. The molecule has 0 aromatic heterocycles. The van der Waals surface area contributed by atoms with E-state index >= 15 is 0 Å². The first-order chi connectivity index (χ1) is 8.03. The Morgan fingerprint density at radius 3 is 2.71 bits per heavy atom. The Morgan fingerprint density at radius 2 is 2.12 bits per heavy atom. The molecule has 2 nitrogen and oxygen atoms in total. The van der Waals surface area contributed by atoms with Crippen LogP contribution in [0.4, 0.5) is 5.69 Å². The van der Waals surface area contributed by atoms with Gasteiger partial charge in [-0.15, -0.1) is 0 Å². The van der Waals surface area contributed by atoms with Gasteiger partial charge in [0.25, 0.3) is 0 Å². The molecule has 0 saturated carbocycles. The summed E-state index contributed by atoms with van der Waals surface area (Å²) in [6.45, 7) is 8.00. The van der Waals surface area contributed by atoms with E-state index in [9.17, 15) is 0 Å². The second-order valence-electron chi connectivity index (χ2n) is 5.78. The van der Waals surface area contributed by atoms with Crippen LogP contribution < -0.4 is 10.2 Å².